The predicted octanol–water partition coefficient (Wildman–Crippen LogP) is 3.68. The zero-order valence-corrected chi connectivity index (χ0v) is 15.1. The van der Waals surface area contributed by atoms with Gasteiger partial charge in [0.15, 0.2) is 0 Å². The van der Waals surface area contributed by atoms with Crippen molar-refractivity contribution in [3.63, 3.8) is 0 Å². The maximum atomic E-state index is 12.7. The molecule has 6 nitrogen and oxygen atoms in total. The Morgan fingerprint density at radius 3 is 2.46 bits per heavy atom. The predicted molar refractivity (Wildman–Crippen MR) is 108 cm³/mol. The first-order chi connectivity index (χ1) is 13.6. The number of amides is 1. The number of H-pyrrole nitrogens is 1. The van der Waals surface area contributed by atoms with E-state index in [2.05, 4.69) is 10.3 Å². The van der Waals surface area contributed by atoms with E-state index in [9.17, 15) is 9.59 Å². The van der Waals surface area contributed by atoms with Crippen molar-refractivity contribution in [2.45, 2.75) is 0 Å². The Balaban J connectivity index is 1.96. The Bertz CT molecular complexity index is 1110. The molecule has 0 bridgehead atoms. The molecule has 0 aliphatic heterocycles. The first kappa shape index (κ1) is 18.7. The molecule has 1 aromatic heterocycles. The van der Waals surface area contributed by atoms with Gasteiger partial charge in [-0.25, -0.2) is 0 Å². The fourth-order valence-corrected chi connectivity index (χ4v) is 2.56. The molecular weight excluding hydrogens is 354 g/mol. The van der Waals surface area contributed by atoms with Gasteiger partial charge in [0.1, 0.15) is 17.4 Å². The van der Waals surface area contributed by atoms with E-state index in [1.165, 1.54) is 6.07 Å². The van der Waals surface area contributed by atoms with Crippen LogP contribution < -0.4 is 15.6 Å². The van der Waals surface area contributed by atoms with Gasteiger partial charge in [-0.3, -0.25) is 9.59 Å². The lowest BCUT2D eigenvalue weighted by Crippen LogP contribution is -2.20. The number of nitrogens with one attached hydrogen (secondary N) is 2. The maximum absolute atomic E-state index is 12.7. The number of rotatable bonds is 5. The second-order valence-corrected chi connectivity index (χ2v) is 5.88. The number of nitriles is 1. The summed E-state index contributed by atoms with van der Waals surface area (Å²) in [6.45, 7) is 0. The molecule has 1 heterocycles. The van der Waals surface area contributed by atoms with Crippen LogP contribution in [0, 0.1) is 11.3 Å². The lowest BCUT2D eigenvalue weighted by molar-refractivity contribution is 0.102. The third-order valence-corrected chi connectivity index (χ3v) is 4.03. The molecule has 1 amide bonds. The molecule has 2 N–H and O–H groups in total. The summed E-state index contributed by atoms with van der Waals surface area (Å²) in [5, 5.41) is 11.9. The van der Waals surface area contributed by atoms with Crippen LogP contribution in [0.15, 0.2) is 65.5 Å². The number of hydrogen-bond acceptors (Lipinski definition) is 4. The van der Waals surface area contributed by atoms with E-state index in [0.29, 0.717) is 11.4 Å². The monoisotopic (exact) mass is 371 g/mol. The first-order valence-corrected chi connectivity index (χ1v) is 8.46. The number of hydrogen-bond donors (Lipinski definition) is 2. The summed E-state index contributed by atoms with van der Waals surface area (Å²) < 4.78 is 5.13. The van der Waals surface area contributed by atoms with Crippen molar-refractivity contribution in [3.05, 3.63) is 93.4 Å². The maximum Gasteiger partial charge on any atom is 0.266 e. The lowest BCUT2D eigenvalue weighted by atomic mass is 10.1. The van der Waals surface area contributed by atoms with Crippen LogP contribution in [0.25, 0.3) is 12.2 Å². The van der Waals surface area contributed by atoms with E-state index in [1.807, 2.05) is 30.3 Å². The van der Waals surface area contributed by atoms with Gasteiger partial charge in [0.05, 0.1) is 18.4 Å². The second-order valence-electron chi connectivity index (χ2n) is 5.88. The average molecular weight is 371 g/mol. The Kier molecular flexibility index (Phi) is 5.68. The van der Waals surface area contributed by atoms with Gasteiger partial charge in [0.25, 0.3) is 11.5 Å². The number of aromatic amines is 1. The van der Waals surface area contributed by atoms with E-state index in [-0.39, 0.29) is 11.1 Å². The largest absolute Gasteiger partial charge is 0.497 e. The van der Waals surface area contributed by atoms with E-state index in [4.69, 9.17) is 10.00 Å². The van der Waals surface area contributed by atoms with E-state index >= 15 is 0 Å². The summed E-state index contributed by atoms with van der Waals surface area (Å²) in [5.41, 5.74) is 1.31. The molecule has 28 heavy (non-hydrogen) atoms. The van der Waals surface area contributed by atoms with Gasteiger partial charge in [-0.15, -0.1) is 0 Å². The molecule has 0 aliphatic carbocycles. The molecular formula is C22H17N3O3. The lowest BCUT2D eigenvalue weighted by Gasteiger charge is -2.08. The number of nitrogens with zero attached hydrogens (tertiary/aromatic N) is 1. The molecule has 0 radical (unpaired) electrons. The number of anilines is 1. The van der Waals surface area contributed by atoms with Crippen LogP contribution in [-0.4, -0.2) is 18.0 Å². The van der Waals surface area contributed by atoms with Crippen LogP contribution in [0.4, 0.5) is 5.69 Å². The van der Waals surface area contributed by atoms with Crippen molar-refractivity contribution in [1.82, 2.24) is 4.98 Å². The fourth-order valence-electron chi connectivity index (χ4n) is 2.56. The summed E-state index contributed by atoms with van der Waals surface area (Å²) in [6, 6.07) is 19.4. The van der Waals surface area contributed by atoms with Crippen molar-refractivity contribution < 1.29 is 9.53 Å². The zero-order chi connectivity index (χ0) is 19.9. The molecule has 0 spiro atoms. The Labute approximate surface area is 161 Å². The van der Waals surface area contributed by atoms with Crippen molar-refractivity contribution in [2.24, 2.45) is 0 Å². The molecule has 0 fully saturated rings. The third kappa shape index (κ3) is 4.34. The van der Waals surface area contributed by atoms with Crippen molar-refractivity contribution in [3.8, 4) is 11.8 Å². The summed E-state index contributed by atoms with van der Waals surface area (Å²) in [5.74, 6) is 0.306. The zero-order valence-electron chi connectivity index (χ0n) is 15.1. The molecule has 0 atom stereocenters. The van der Waals surface area contributed by atoms with Gasteiger partial charge in [0.2, 0.25) is 0 Å². The SMILES string of the molecule is COc1ccc(/C=C/c2[nH]c(=O)c(C#N)cc2C(=O)Nc2ccccc2)cc1. The highest BCUT2D eigenvalue weighted by atomic mass is 16.5. The summed E-state index contributed by atoms with van der Waals surface area (Å²) in [7, 11) is 1.59. The molecule has 0 aliphatic rings. The van der Waals surface area contributed by atoms with Gasteiger partial charge < -0.3 is 15.0 Å². The number of ether oxygens (including phenoxy) is 1. The molecule has 3 aromatic rings. The molecule has 6 heteroatoms. The second kappa shape index (κ2) is 8.52. The first-order valence-electron chi connectivity index (χ1n) is 8.46. The summed E-state index contributed by atoms with van der Waals surface area (Å²) in [6.07, 6.45) is 3.39. The topological polar surface area (TPSA) is 95.0 Å². The van der Waals surface area contributed by atoms with Crippen LogP contribution in [0.2, 0.25) is 0 Å². The number of carbonyl (C=O) groups excluding carboxylic acids is 1. The molecule has 0 saturated heterocycles. The van der Waals surface area contributed by atoms with Gasteiger partial charge in [-0.2, -0.15) is 5.26 Å². The highest BCUT2D eigenvalue weighted by Crippen LogP contribution is 2.16. The summed E-state index contributed by atoms with van der Waals surface area (Å²) >= 11 is 0. The number of benzene rings is 2. The quantitative estimate of drug-likeness (QED) is 0.715. The van der Waals surface area contributed by atoms with Gasteiger partial charge >= 0.3 is 0 Å². The number of aromatic nitrogens is 1. The van der Waals surface area contributed by atoms with Crippen LogP contribution in [-0.2, 0) is 0 Å². The highest BCUT2D eigenvalue weighted by molar-refractivity contribution is 6.06. The Hall–Kier alpha value is -4.11. The fraction of sp³-hybridized carbons (Fsp3) is 0.0455. The third-order valence-electron chi connectivity index (χ3n) is 4.03. The van der Waals surface area contributed by atoms with Crippen LogP contribution in [0.1, 0.15) is 27.2 Å². The van der Waals surface area contributed by atoms with Crippen LogP contribution in [0.5, 0.6) is 5.75 Å². The number of carbonyl (C=O) groups is 1. The average Bonchev–Trinajstić information content (AvgIpc) is 2.73. The number of pyridine rings is 1. The van der Waals surface area contributed by atoms with Crippen molar-refractivity contribution in [2.75, 3.05) is 12.4 Å². The van der Waals surface area contributed by atoms with Gasteiger partial charge in [0, 0.05) is 5.69 Å². The van der Waals surface area contributed by atoms with Crippen LogP contribution in [0.3, 0.4) is 0 Å². The van der Waals surface area contributed by atoms with Gasteiger partial charge in [-0.1, -0.05) is 36.4 Å². The Morgan fingerprint density at radius 2 is 1.82 bits per heavy atom. The van der Waals surface area contributed by atoms with Crippen molar-refractivity contribution in [1.29, 1.82) is 5.26 Å². The van der Waals surface area contributed by atoms with E-state index in [0.717, 1.165) is 11.3 Å². The molecule has 3 rings (SSSR count). The van der Waals surface area contributed by atoms with Crippen molar-refractivity contribution >= 4 is 23.7 Å². The smallest absolute Gasteiger partial charge is 0.266 e. The minimum absolute atomic E-state index is 0.125. The minimum atomic E-state index is -0.548. The highest BCUT2D eigenvalue weighted by Gasteiger charge is 2.14. The van der Waals surface area contributed by atoms with Gasteiger partial charge in [-0.05, 0) is 42.0 Å². The summed E-state index contributed by atoms with van der Waals surface area (Å²) in [4.78, 5) is 27.4. The molecule has 0 unspecified atom stereocenters. The van der Waals surface area contributed by atoms with E-state index in [1.54, 1.807) is 49.6 Å². The molecule has 138 valence electrons. The number of para-hydroxylation sites is 1. The number of methoxy groups -OCH3 is 1. The van der Waals surface area contributed by atoms with Crippen LogP contribution >= 0.6 is 0 Å². The Morgan fingerprint density at radius 1 is 1.11 bits per heavy atom. The molecule has 2 aromatic carbocycles. The normalized spacial score (nSPS) is 10.4. The minimum Gasteiger partial charge on any atom is -0.497 e. The molecule has 0 saturated carbocycles. The standard InChI is InChI=1S/C22H17N3O3/c1-28-18-10-7-15(8-11-18)9-12-20-19(13-16(14-23)21(26)25-20)22(27)24-17-5-3-2-4-6-17/h2-13H,1H3,(H,24,27)(H,25,26)/b12-9+. The van der Waals surface area contributed by atoms with E-state index < -0.39 is 11.5 Å².